The maximum Gasteiger partial charge on any atom is 0.222 e. The second kappa shape index (κ2) is 6.89. The Morgan fingerprint density at radius 3 is 2.57 bits per heavy atom. The highest BCUT2D eigenvalue weighted by Crippen LogP contribution is 2.16. The van der Waals surface area contributed by atoms with Crippen LogP contribution >= 0.6 is 0 Å². The predicted octanol–water partition coefficient (Wildman–Crippen LogP) is 2.91. The van der Waals surface area contributed by atoms with Gasteiger partial charge in [0.1, 0.15) is 11.6 Å². The molecule has 1 aromatic heterocycles. The highest BCUT2D eigenvalue weighted by Gasteiger charge is 2.15. The first-order valence-electron chi connectivity index (χ1n) is 7.46. The molecule has 2 rings (SSSR count). The Balaban J connectivity index is 1.97. The number of benzene rings is 1. The number of aryl methyl sites for hydroxylation is 2. The molecule has 1 heterocycles. The standard InChI is InChI=1S/C17H21F2N3O/c1-11-15(12(2)22(4)20-11)7-8-17(23)21(3)10-13-5-6-14(18)9-16(13)19/h5-6,9H,7-8,10H2,1-4H3. The van der Waals surface area contributed by atoms with Crippen molar-refractivity contribution in [3.63, 3.8) is 0 Å². The molecule has 1 amide bonds. The maximum atomic E-state index is 13.6. The molecule has 1 aromatic carbocycles. The lowest BCUT2D eigenvalue weighted by Gasteiger charge is -2.17. The summed E-state index contributed by atoms with van der Waals surface area (Å²) in [6.07, 6.45) is 0.924. The second-order valence-corrected chi connectivity index (χ2v) is 5.76. The van der Waals surface area contributed by atoms with E-state index in [4.69, 9.17) is 0 Å². The minimum atomic E-state index is -0.636. The fourth-order valence-corrected chi connectivity index (χ4v) is 2.60. The fourth-order valence-electron chi connectivity index (χ4n) is 2.60. The van der Waals surface area contributed by atoms with E-state index in [9.17, 15) is 13.6 Å². The molecule has 6 heteroatoms. The molecule has 0 saturated heterocycles. The van der Waals surface area contributed by atoms with Crippen LogP contribution in [0.2, 0.25) is 0 Å². The van der Waals surface area contributed by atoms with Gasteiger partial charge in [0.05, 0.1) is 5.69 Å². The summed E-state index contributed by atoms with van der Waals surface area (Å²) in [5.74, 6) is -1.34. The molecule has 2 aromatic rings. The molecule has 0 saturated carbocycles. The van der Waals surface area contributed by atoms with Crippen LogP contribution in [-0.2, 0) is 24.8 Å². The Kier molecular flexibility index (Phi) is 5.13. The van der Waals surface area contributed by atoms with Gasteiger partial charge in [-0.25, -0.2) is 8.78 Å². The maximum absolute atomic E-state index is 13.6. The Labute approximate surface area is 134 Å². The van der Waals surface area contributed by atoms with E-state index < -0.39 is 11.6 Å². The van der Waals surface area contributed by atoms with Crippen LogP contribution in [0, 0.1) is 25.5 Å². The van der Waals surface area contributed by atoms with Gasteiger partial charge in [0.25, 0.3) is 0 Å². The summed E-state index contributed by atoms with van der Waals surface area (Å²) in [5.41, 5.74) is 3.34. The van der Waals surface area contributed by atoms with E-state index >= 15 is 0 Å². The van der Waals surface area contributed by atoms with Crippen molar-refractivity contribution in [3.8, 4) is 0 Å². The Hall–Kier alpha value is -2.24. The van der Waals surface area contributed by atoms with Gasteiger partial charge in [0.2, 0.25) is 5.91 Å². The number of carbonyl (C=O) groups excluding carboxylic acids is 1. The Bertz CT molecular complexity index is 725. The predicted molar refractivity (Wildman–Crippen MR) is 83.8 cm³/mol. The number of hydrogen-bond acceptors (Lipinski definition) is 2. The van der Waals surface area contributed by atoms with E-state index in [-0.39, 0.29) is 12.5 Å². The summed E-state index contributed by atoms with van der Waals surface area (Å²) < 4.78 is 28.3. The van der Waals surface area contributed by atoms with Crippen molar-refractivity contribution in [2.24, 2.45) is 7.05 Å². The molecule has 0 radical (unpaired) electrons. The van der Waals surface area contributed by atoms with Gasteiger partial charge in [-0.05, 0) is 31.9 Å². The fraction of sp³-hybridized carbons (Fsp3) is 0.412. The minimum Gasteiger partial charge on any atom is -0.341 e. The van der Waals surface area contributed by atoms with Crippen LogP contribution in [0.4, 0.5) is 8.78 Å². The highest BCUT2D eigenvalue weighted by molar-refractivity contribution is 5.76. The van der Waals surface area contributed by atoms with Gasteiger partial charge in [0, 0.05) is 44.4 Å². The summed E-state index contributed by atoms with van der Waals surface area (Å²) in [6.45, 7) is 4.01. The highest BCUT2D eigenvalue weighted by atomic mass is 19.1. The third-order valence-electron chi connectivity index (χ3n) is 4.10. The van der Waals surface area contributed by atoms with Gasteiger partial charge >= 0.3 is 0 Å². The third-order valence-corrected chi connectivity index (χ3v) is 4.10. The van der Waals surface area contributed by atoms with Crippen LogP contribution < -0.4 is 0 Å². The smallest absolute Gasteiger partial charge is 0.222 e. The number of nitrogens with zero attached hydrogens (tertiary/aromatic N) is 3. The van der Waals surface area contributed by atoms with E-state index in [1.54, 1.807) is 11.7 Å². The average molecular weight is 321 g/mol. The monoisotopic (exact) mass is 321 g/mol. The van der Waals surface area contributed by atoms with Crippen molar-refractivity contribution in [1.29, 1.82) is 0 Å². The normalized spacial score (nSPS) is 10.9. The average Bonchev–Trinajstić information content (AvgIpc) is 2.72. The summed E-state index contributed by atoms with van der Waals surface area (Å²) in [6, 6.07) is 3.39. The van der Waals surface area contributed by atoms with E-state index in [1.165, 1.54) is 17.0 Å². The molecule has 0 aliphatic carbocycles. The molecular formula is C17H21F2N3O. The molecule has 0 atom stereocenters. The summed E-state index contributed by atoms with van der Waals surface area (Å²) in [7, 11) is 3.49. The zero-order valence-electron chi connectivity index (χ0n) is 13.9. The van der Waals surface area contributed by atoms with E-state index in [0.29, 0.717) is 18.4 Å². The molecule has 0 aliphatic heterocycles. The molecule has 23 heavy (non-hydrogen) atoms. The lowest BCUT2D eigenvalue weighted by atomic mass is 10.1. The van der Waals surface area contributed by atoms with Crippen LogP contribution in [0.3, 0.4) is 0 Å². The molecule has 0 N–H and O–H groups in total. The first kappa shape index (κ1) is 17.1. The van der Waals surface area contributed by atoms with Gasteiger partial charge in [0.15, 0.2) is 0 Å². The molecule has 0 fully saturated rings. The lowest BCUT2D eigenvalue weighted by Crippen LogP contribution is -2.27. The quantitative estimate of drug-likeness (QED) is 0.849. The van der Waals surface area contributed by atoms with Crippen molar-refractivity contribution in [2.75, 3.05) is 7.05 Å². The number of halogens is 2. The van der Waals surface area contributed by atoms with Crippen LogP contribution in [0.1, 0.15) is 28.9 Å². The Morgan fingerprint density at radius 1 is 1.30 bits per heavy atom. The van der Waals surface area contributed by atoms with Gasteiger partial charge in [-0.1, -0.05) is 6.07 Å². The van der Waals surface area contributed by atoms with E-state index in [2.05, 4.69) is 5.10 Å². The van der Waals surface area contributed by atoms with Gasteiger partial charge in [-0.3, -0.25) is 9.48 Å². The van der Waals surface area contributed by atoms with Crippen LogP contribution in [0.25, 0.3) is 0 Å². The molecular weight excluding hydrogens is 300 g/mol. The first-order valence-corrected chi connectivity index (χ1v) is 7.46. The van der Waals surface area contributed by atoms with Gasteiger partial charge in [-0.15, -0.1) is 0 Å². The zero-order chi connectivity index (χ0) is 17.1. The number of amides is 1. The molecule has 0 spiro atoms. The van der Waals surface area contributed by atoms with Crippen LogP contribution in [0.5, 0.6) is 0 Å². The summed E-state index contributed by atoms with van der Waals surface area (Å²) in [5, 5.41) is 4.33. The zero-order valence-corrected chi connectivity index (χ0v) is 13.9. The van der Waals surface area contributed by atoms with Crippen molar-refractivity contribution in [3.05, 3.63) is 52.3 Å². The van der Waals surface area contributed by atoms with E-state index in [0.717, 1.165) is 23.0 Å². The van der Waals surface area contributed by atoms with Crippen LogP contribution in [-0.4, -0.2) is 27.6 Å². The first-order chi connectivity index (χ1) is 10.8. The largest absolute Gasteiger partial charge is 0.341 e. The Morgan fingerprint density at radius 2 is 2.00 bits per heavy atom. The molecule has 4 nitrogen and oxygen atoms in total. The number of rotatable bonds is 5. The SMILES string of the molecule is Cc1nn(C)c(C)c1CCC(=O)N(C)Cc1ccc(F)cc1F. The van der Waals surface area contributed by atoms with Crippen molar-refractivity contribution in [1.82, 2.24) is 14.7 Å². The molecule has 0 unspecified atom stereocenters. The third kappa shape index (κ3) is 3.94. The molecule has 0 bridgehead atoms. The van der Waals surface area contributed by atoms with Gasteiger partial charge < -0.3 is 4.90 Å². The number of carbonyl (C=O) groups is 1. The summed E-state index contributed by atoms with van der Waals surface area (Å²) in [4.78, 5) is 13.7. The number of aromatic nitrogens is 2. The van der Waals surface area contributed by atoms with Crippen molar-refractivity contribution >= 4 is 5.91 Å². The van der Waals surface area contributed by atoms with E-state index in [1.807, 2.05) is 20.9 Å². The van der Waals surface area contributed by atoms with Crippen molar-refractivity contribution in [2.45, 2.75) is 33.2 Å². The molecule has 0 aliphatic rings. The van der Waals surface area contributed by atoms with Gasteiger partial charge in [-0.2, -0.15) is 5.10 Å². The minimum absolute atomic E-state index is 0.0867. The van der Waals surface area contributed by atoms with Crippen molar-refractivity contribution < 1.29 is 13.6 Å². The number of hydrogen-bond donors (Lipinski definition) is 0. The topological polar surface area (TPSA) is 38.1 Å². The van der Waals surface area contributed by atoms with Crippen LogP contribution in [0.15, 0.2) is 18.2 Å². The molecule has 124 valence electrons. The second-order valence-electron chi connectivity index (χ2n) is 5.76. The lowest BCUT2D eigenvalue weighted by molar-refractivity contribution is -0.130. The summed E-state index contributed by atoms with van der Waals surface area (Å²) >= 11 is 0.